The van der Waals surface area contributed by atoms with E-state index in [1.54, 1.807) is 11.0 Å². The Labute approximate surface area is 169 Å². The van der Waals surface area contributed by atoms with Crippen LogP contribution >= 0.6 is 12.4 Å². The van der Waals surface area contributed by atoms with Crippen LogP contribution < -0.4 is 10.1 Å². The summed E-state index contributed by atoms with van der Waals surface area (Å²) in [7, 11) is 0. The van der Waals surface area contributed by atoms with Crippen molar-refractivity contribution in [3.05, 3.63) is 59.7 Å². The van der Waals surface area contributed by atoms with Crippen LogP contribution in [0.15, 0.2) is 48.5 Å². The minimum absolute atomic E-state index is 0. The molecule has 5 nitrogen and oxygen atoms in total. The predicted molar refractivity (Wildman–Crippen MR) is 105 cm³/mol. The molecule has 1 atom stereocenters. The van der Waals surface area contributed by atoms with Crippen molar-refractivity contribution in [2.75, 3.05) is 32.8 Å². The molecule has 0 saturated carbocycles. The van der Waals surface area contributed by atoms with E-state index in [0.29, 0.717) is 38.5 Å². The van der Waals surface area contributed by atoms with E-state index < -0.39 is 18.6 Å². The topological polar surface area (TPSA) is 65.0 Å². The Morgan fingerprint density at radius 2 is 1.79 bits per heavy atom. The number of halogens is 3. The van der Waals surface area contributed by atoms with Gasteiger partial charge in [0.1, 0.15) is 30.8 Å². The minimum atomic E-state index is -3.37. The van der Waals surface area contributed by atoms with Gasteiger partial charge >= 0.3 is 0 Å². The molecule has 3 rings (SSSR count). The maximum Gasteiger partial charge on any atom is 0.290 e. The molecule has 0 aromatic heterocycles. The molecule has 1 saturated heterocycles. The fourth-order valence-electron chi connectivity index (χ4n) is 3.30. The average molecular weight is 415 g/mol. The molecule has 1 aliphatic rings. The minimum Gasteiger partial charge on any atom is -0.507 e. The van der Waals surface area contributed by atoms with Crippen molar-refractivity contribution in [1.29, 1.82) is 0 Å². The van der Waals surface area contributed by atoms with Crippen LogP contribution in [0.5, 0.6) is 11.5 Å². The molecule has 2 aromatic rings. The van der Waals surface area contributed by atoms with Gasteiger partial charge in [-0.15, -0.1) is 12.4 Å². The fourth-order valence-corrected chi connectivity index (χ4v) is 3.30. The molecule has 0 bridgehead atoms. The molecule has 1 heterocycles. The van der Waals surface area contributed by atoms with Gasteiger partial charge in [0.15, 0.2) is 0 Å². The third-order valence-electron chi connectivity index (χ3n) is 4.67. The van der Waals surface area contributed by atoms with E-state index in [4.69, 9.17) is 4.74 Å². The van der Waals surface area contributed by atoms with Crippen molar-refractivity contribution in [1.82, 2.24) is 10.2 Å². The summed E-state index contributed by atoms with van der Waals surface area (Å²) in [6.07, 6.45) is 0. The van der Waals surface area contributed by atoms with Crippen molar-refractivity contribution in [2.45, 2.75) is 18.6 Å². The number of alkyl halides is 2. The second-order valence-corrected chi connectivity index (χ2v) is 6.60. The Morgan fingerprint density at radius 3 is 2.39 bits per heavy atom. The first kappa shape index (κ1) is 22.4. The third kappa shape index (κ3) is 5.32. The van der Waals surface area contributed by atoms with Gasteiger partial charge in [-0.3, -0.25) is 4.90 Å². The summed E-state index contributed by atoms with van der Waals surface area (Å²) < 4.78 is 34.6. The first-order chi connectivity index (χ1) is 13.0. The van der Waals surface area contributed by atoms with Crippen molar-refractivity contribution >= 4 is 12.4 Å². The van der Waals surface area contributed by atoms with E-state index in [-0.39, 0.29) is 23.7 Å². The number of aromatic hydroxyl groups is 1. The van der Waals surface area contributed by atoms with Crippen molar-refractivity contribution in [2.24, 2.45) is 0 Å². The van der Waals surface area contributed by atoms with Crippen LogP contribution in [-0.2, 0) is 6.61 Å². The standard InChI is InChI=1S/C20H24F2N2O3.ClH/c21-20(22,14-25)19(24-10-8-23-9-11-24)17-7-6-16(12-18(17)26)27-13-15-4-2-1-3-5-15;/h1-7,12,19,23,25-26H,8-11,13-14H2;1H/t19-;/m0./s1. The molecule has 3 N–H and O–H groups in total. The molecule has 0 spiro atoms. The lowest BCUT2D eigenvalue weighted by molar-refractivity contribution is -0.119. The van der Waals surface area contributed by atoms with Gasteiger partial charge in [-0.05, 0) is 17.7 Å². The molecule has 28 heavy (non-hydrogen) atoms. The number of aliphatic hydroxyl groups is 1. The molecule has 1 aliphatic heterocycles. The highest BCUT2D eigenvalue weighted by Gasteiger charge is 2.45. The molecule has 8 heteroatoms. The summed E-state index contributed by atoms with van der Waals surface area (Å²) in [6, 6.07) is 12.5. The Bertz CT molecular complexity index is 743. The van der Waals surface area contributed by atoms with Crippen molar-refractivity contribution in [3.8, 4) is 11.5 Å². The number of phenols is 1. The number of nitrogens with one attached hydrogen (secondary N) is 1. The lowest BCUT2D eigenvalue weighted by Crippen LogP contribution is -2.51. The molecule has 0 radical (unpaired) electrons. The van der Waals surface area contributed by atoms with Crippen LogP contribution in [0.4, 0.5) is 8.78 Å². The van der Waals surface area contributed by atoms with Crippen molar-refractivity contribution in [3.63, 3.8) is 0 Å². The largest absolute Gasteiger partial charge is 0.507 e. The lowest BCUT2D eigenvalue weighted by atomic mass is 9.97. The van der Waals surface area contributed by atoms with Crippen LogP contribution in [0.2, 0.25) is 0 Å². The second-order valence-electron chi connectivity index (χ2n) is 6.60. The van der Waals surface area contributed by atoms with Crippen LogP contribution in [0.25, 0.3) is 0 Å². The molecule has 1 fully saturated rings. The second kappa shape index (κ2) is 10.0. The fraction of sp³-hybridized carbons (Fsp3) is 0.400. The van der Waals surface area contributed by atoms with Crippen LogP contribution in [0, 0.1) is 0 Å². The van der Waals surface area contributed by atoms with Gasteiger partial charge in [0.2, 0.25) is 0 Å². The zero-order chi connectivity index (χ0) is 19.3. The Hall–Kier alpha value is -1.93. The summed E-state index contributed by atoms with van der Waals surface area (Å²) in [6.45, 7) is 1.01. The first-order valence-corrected chi connectivity index (χ1v) is 8.94. The van der Waals surface area contributed by atoms with Gasteiger partial charge < -0.3 is 20.3 Å². The molecule has 0 amide bonds. The highest BCUT2D eigenvalue weighted by molar-refractivity contribution is 5.85. The van der Waals surface area contributed by atoms with E-state index in [0.717, 1.165) is 5.56 Å². The van der Waals surface area contributed by atoms with Gasteiger partial charge in [-0.25, -0.2) is 8.78 Å². The zero-order valence-electron chi connectivity index (χ0n) is 15.4. The van der Waals surface area contributed by atoms with E-state index in [1.807, 2.05) is 30.3 Å². The number of hydrogen-bond donors (Lipinski definition) is 3. The zero-order valence-corrected chi connectivity index (χ0v) is 16.2. The summed E-state index contributed by atoms with van der Waals surface area (Å²) in [5.41, 5.74) is 1.05. The number of piperazine rings is 1. The Morgan fingerprint density at radius 1 is 1.11 bits per heavy atom. The van der Waals surface area contributed by atoms with Gasteiger partial charge in [0.25, 0.3) is 5.92 Å². The highest BCUT2D eigenvalue weighted by Crippen LogP contribution is 2.41. The SMILES string of the molecule is Cl.OCC(F)(F)[C@H](c1ccc(OCc2ccccc2)cc1O)N1CCNCC1. The maximum absolute atomic E-state index is 14.5. The highest BCUT2D eigenvalue weighted by atomic mass is 35.5. The van der Waals surface area contributed by atoms with Gasteiger partial charge in [0.05, 0.1) is 0 Å². The number of hydrogen-bond acceptors (Lipinski definition) is 5. The molecule has 154 valence electrons. The number of rotatable bonds is 7. The van der Waals surface area contributed by atoms with E-state index in [9.17, 15) is 19.0 Å². The summed E-state index contributed by atoms with van der Waals surface area (Å²) in [5, 5.41) is 22.7. The van der Waals surface area contributed by atoms with E-state index in [2.05, 4.69) is 5.32 Å². The van der Waals surface area contributed by atoms with Crippen LogP contribution in [-0.4, -0.2) is 53.8 Å². The Kier molecular flexibility index (Phi) is 8.00. The molecule has 0 aliphatic carbocycles. The summed E-state index contributed by atoms with van der Waals surface area (Å²) >= 11 is 0. The third-order valence-corrected chi connectivity index (χ3v) is 4.67. The normalized spacial score (nSPS) is 16.2. The van der Waals surface area contributed by atoms with E-state index in [1.165, 1.54) is 12.1 Å². The number of aliphatic hydroxyl groups excluding tert-OH is 1. The molecule has 0 unspecified atom stereocenters. The smallest absolute Gasteiger partial charge is 0.290 e. The van der Waals surface area contributed by atoms with E-state index >= 15 is 0 Å². The summed E-state index contributed by atoms with van der Waals surface area (Å²) in [4.78, 5) is 1.59. The van der Waals surface area contributed by atoms with Gasteiger partial charge in [-0.1, -0.05) is 30.3 Å². The lowest BCUT2D eigenvalue weighted by Gasteiger charge is -2.39. The van der Waals surface area contributed by atoms with Gasteiger partial charge in [0, 0.05) is 37.8 Å². The molecular formula is C20H25ClF2N2O3. The number of benzene rings is 2. The van der Waals surface area contributed by atoms with Crippen LogP contribution in [0.1, 0.15) is 17.2 Å². The van der Waals surface area contributed by atoms with Gasteiger partial charge in [-0.2, -0.15) is 0 Å². The number of nitrogens with zero attached hydrogens (tertiary/aromatic N) is 1. The number of ether oxygens (including phenoxy) is 1. The van der Waals surface area contributed by atoms with Crippen molar-refractivity contribution < 1.29 is 23.7 Å². The summed E-state index contributed by atoms with van der Waals surface area (Å²) in [5.74, 6) is -3.25. The average Bonchev–Trinajstić information content (AvgIpc) is 2.69. The number of phenolic OH excluding ortho intramolecular Hbond substituents is 1. The quantitative estimate of drug-likeness (QED) is 0.650. The first-order valence-electron chi connectivity index (χ1n) is 8.94. The molecular weight excluding hydrogens is 390 g/mol. The molecule has 2 aromatic carbocycles. The Balaban J connectivity index is 0.00000280. The monoisotopic (exact) mass is 414 g/mol. The maximum atomic E-state index is 14.5. The predicted octanol–water partition coefficient (Wildman–Crippen LogP) is 2.97. The van der Waals surface area contributed by atoms with Crippen LogP contribution in [0.3, 0.4) is 0 Å².